The van der Waals surface area contributed by atoms with Crippen LogP contribution < -0.4 is 10.6 Å². The Hall–Kier alpha value is -3.20. The van der Waals surface area contributed by atoms with E-state index in [4.69, 9.17) is 0 Å². The number of aromatic nitrogens is 4. The summed E-state index contributed by atoms with van der Waals surface area (Å²) >= 11 is 1.28. The number of carbonyl (C=O) groups excluding carboxylic acids is 2. The van der Waals surface area contributed by atoms with E-state index in [0.29, 0.717) is 16.5 Å². The average Bonchev–Trinajstić information content (AvgIpc) is 3.17. The third-order valence-electron chi connectivity index (χ3n) is 4.15. The second kappa shape index (κ2) is 9.33. The van der Waals surface area contributed by atoms with Crippen molar-refractivity contribution in [2.75, 3.05) is 10.6 Å². The van der Waals surface area contributed by atoms with Crippen molar-refractivity contribution in [1.29, 1.82) is 0 Å². The van der Waals surface area contributed by atoms with E-state index in [-0.39, 0.29) is 11.8 Å². The van der Waals surface area contributed by atoms with Gasteiger partial charge in [0.15, 0.2) is 0 Å². The lowest BCUT2D eigenvalue weighted by Gasteiger charge is -2.12. The van der Waals surface area contributed by atoms with Crippen LogP contribution in [0.15, 0.2) is 53.7 Å². The maximum absolute atomic E-state index is 12.6. The second-order valence-corrected chi connectivity index (χ2v) is 7.71. The van der Waals surface area contributed by atoms with E-state index in [9.17, 15) is 9.59 Å². The summed E-state index contributed by atoms with van der Waals surface area (Å²) < 4.78 is 1.62. The molecule has 0 aliphatic carbocycles. The number of thioether (sulfide) groups is 1. The normalized spacial score (nSPS) is 11.7. The van der Waals surface area contributed by atoms with E-state index in [0.717, 1.165) is 12.1 Å². The molecular formula is C20H22N6O2S. The molecule has 0 saturated heterocycles. The summed E-state index contributed by atoms with van der Waals surface area (Å²) in [6.07, 6.45) is 0.959. The van der Waals surface area contributed by atoms with E-state index in [1.807, 2.05) is 24.3 Å². The average molecular weight is 411 g/mol. The molecule has 3 rings (SSSR count). The van der Waals surface area contributed by atoms with E-state index in [1.165, 1.54) is 24.2 Å². The number of benzene rings is 2. The highest BCUT2D eigenvalue weighted by Gasteiger charge is 2.19. The predicted octanol–water partition coefficient (Wildman–Crippen LogP) is 3.30. The van der Waals surface area contributed by atoms with Gasteiger partial charge >= 0.3 is 0 Å². The number of carbonyl (C=O) groups is 2. The van der Waals surface area contributed by atoms with Gasteiger partial charge in [-0.05, 0) is 65.7 Å². The van der Waals surface area contributed by atoms with Crippen LogP contribution in [0.25, 0.3) is 5.69 Å². The molecule has 150 valence electrons. The molecule has 0 aliphatic rings. The van der Waals surface area contributed by atoms with E-state index < -0.39 is 5.25 Å². The fourth-order valence-electron chi connectivity index (χ4n) is 2.58. The molecule has 2 N–H and O–H groups in total. The van der Waals surface area contributed by atoms with E-state index >= 15 is 0 Å². The number of rotatable bonds is 7. The van der Waals surface area contributed by atoms with Crippen molar-refractivity contribution >= 4 is 35.0 Å². The number of aryl methyl sites for hydroxylation is 1. The topological polar surface area (TPSA) is 102 Å². The highest BCUT2D eigenvalue weighted by atomic mass is 32.2. The van der Waals surface area contributed by atoms with Crippen LogP contribution in [-0.2, 0) is 16.0 Å². The molecule has 2 aromatic carbocycles. The number of amides is 2. The van der Waals surface area contributed by atoms with Crippen molar-refractivity contribution in [3.05, 3.63) is 54.1 Å². The first-order valence-corrected chi connectivity index (χ1v) is 10.1. The third-order valence-corrected chi connectivity index (χ3v) is 5.19. The minimum atomic E-state index is -0.412. The lowest BCUT2D eigenvalue weighted by molar-refractivity contribution is -0.115. The minimum absolute atomic E-state index is 0.145. The summed E-state index contributed by atoms with van der Waals surface area (Å²) in [5.74, 6) is -0.313. The first-order chi connectivity index (χ1) is 14.0. The van der Waals surface area contributed by atoms with Crippen LogP contribution in [0.2, 0.25) is 0 Å². The molecule has 0 spiro atoms. The molecule has 0 fully saturated rings. The number of hydrogen-bond donors (Lipinski definition) is 2. The standard InChI is InChI=1S/C20H22N6O2S/c1-4-15-5-11-18(12-6-15)26-20(23-24-25-26)29-13(2)19(28)22-17-9-7-16(8-10-17)21-14(3)27/h5-13H,4H2,1-3H3,(H,21,27)(H,22,28)/t13-/m1/s1. The first kappa shape index (κ1) is 20.5. The molecule has 0 unspecified atom stereocenters. The monoisotopic (exact) mass is 410 g/mol. The van der Waals surface area contributed by atoms with E-state index in [1.54, 1.807) is 35.9 Å². The lowest BCUT2D eigenvalue weighted by Crippen LogP contribution is -2.23. The fraction of sp³-hybridized carbons (Fsp3) is 0.250. The summed E-state index contributed by atoms with van der Waals surface area (Å²) in [5, 5.41) is 17.5. The molecule has 9 heteroatoms. The van der Waals surface area contributed by atoms with Gasteiger partial charge in [0.1, 0.15) is 0 Å². The van der Waals surface area contributed by atoms with Crippen LogP contribution in [0, 0.1) is 0 Å². The van der Waals surface area contributed by atoms with Crippen molar-refractivity contribution < 1.29 is 9.59 Å². The van der Waals surface area contributed by atoms with Gasteiger partial charge in [-0.15, -0.1) is 5.10 Å². The maximum Gasteiger partial charge on any atom is 0.237 e. The number of nitrogens with one attached hydrogen (secondary N) is 2. The second-order valence-electron chi connectivity index (χ2n) is 6.40. The fourth-order valence-corrected chi connectivity index (χ4v) is 3.39. The van der Waals surface area contributed by atoms with Crippen LogP contribution in [0.4, 0.5) is 11.4 Å². The lowest BCUT2D eigenvalue weighted by atomic mass is 10.1. The molecule has 1 aromatic heterocycles. The maximum atomic E-state index is 12.6. The zero-order valence-corrected chi connectivity index (χ0v) is 17.2. The van der Waals surface area contributed by atoms with Crippen LogP contribution in [0.5, 0.6) is 0 Å². The number of tetrazole rings is 1. The summed E-state index contributed by atoms with van der Waals surface area (Å²) in [5.41, 5.74) is 3.39. The molecule has 0 aliphatic heterocycles. The Morgan fingerprint density at radius 3 is 2.24 bits per heavy atom. The molecule has 29 heavy (non-hydrogen) atoms. The Bertz CT molecular complexity index is 985. The van der Waals surface area contributed by atoms with Crippen LogP contribution in [0.1, 0.15) is 26.3 Å². The van der Waals surface area contributed by atoms with Crippen LogP contribution in [-0.4, -0.2) is 37.3 Å². The smallest absolute Gasteiger partial charge is 0.237 e. The van der Waals surface area contributed by atoms with Crippen LogP contribution >= 0.6 is 11.8 Å². The molecule has 2 amide bonds. The zero-order chi connectivity index (χ0) is 20.8. The van der Waals surface area contributed by atoms with E-state index in [2.05, 4.69) is 33.1 Å². The van der Waals surface area contributed by atoms with Gasteiger partial charge in [0.05, 0.1) is 10.9 Å². The van der Waals surface area contributed by atoms with Gasteiger partial charge in [-0.2, -0.15) is 4.68 Å². The van der Waals surface area contributed by atoms with Gasteiger partial charge in [0.2, 0.25) is 17.0 Å². The zero-order valence-electron chi connectivity index (χ0n) is 16.4. The van der Waals surface area contributed by atoms with Crippen LogP contribution in [0.3, 0.4) is 0 Å². The molecule has 3 aromatic rings. The number of nitrogens with zero attached hydrogens (tertiary/aromatic N) is 4. The third kappa shape index (κ3) is 5.41. The Kier molecular flexibility index (Phi) is 6.61. The Balaban J connectivity index is 1.64. The number of hydrogen-bond acceptors (Lipinski definition) is 6. The molecular weight excluding hydrogens is 388 g/mol. The van der Waals surface area contributed by atoms with Crippen molar-refractivity contribution in [3.8, 4) is 5.69 Å². The SMILES string of the molecule is CCc1ccc(-n2nnnc2S[C@H](C)C(=O)Nc2ccc(NC(C)=O)cc2)cc1. The highest BCUT2D eigenvalue weighted by molar-refractivity contribution is 8.00. The summed E-state index contributed by atoms with van der Waals surface area (Å²) in [7, 11) is 0. The van der Waals surface area contributed by atoms with Gasteiger partial charge in [0, 0.05) is 18.3 Å². The first-order valence-electron chi connectivity index (χ1n) is 9.19. The van der Waals surface area contributed by atoms with Gasteiger partial charge in [0.25, 0.3) is 0 Å². The molecule has 1 atom stereocenters. The Morgan fingerprint density at radius 2 is 1.66 bits per heavy atom. The van der Waals surface area contributed by atoms with Crippen molar-refractivity contribution in [2.45, 2.75) is 37.6 Å². The van der Waals surface area contributed by atoms with Gasteiger partial charge in [-0.25, -0.2) is 0 Å². The Labute approximate surface area is 173 Å². The Morgan fingerprint density at radius 1 is 1.03 bits per heavy atom. The summed E-state index contributed by atoms with van der Waals surface area (Å²) in [6.45, 7) is 5.34. The van der Waals surface area contributed by atoms with Gasteiger partial charge < -0.3 is 10.6 Å². The molecule has 1 heterocycles. The van der Waals surface area contributed by atoms with Crippen molar-refractivity contribution in [1.82, 2.24) is 20.2 Å². The van der Waals surface area contributed by atoms with Gasteiger partial charge in [-0.1, -0.05) is 30.8 Å². The van der Waals surface area contributed by atoms with Crippen molar-refractivity contribution in [3.63, 3.8) is 0 Å². The highest BCUT2D eigenvalue weighted by Crippen LogP contribution is 2.24. The number of anilines is 2. The molecule has 0 saturated carbocycles. The summed E-state index contributed by atoms with van der Waals surface area (Å²) in [4.78, 5) is 23.6. The molecule has 8 nitrogen and oxygen atoms in total. The predicted molar refractivity (Wildman–Crippen MR) is 113 cm³/mol. The van der Waals surface area contributed by atoms with Gasteiger partial charge in [-0.3, -0.25) is 9.59 Å². The quantitative estimate of drug-likeness (QED) is 0.580. The summed E-state index contributed by atoms with van der Waals surface area (Å²) in [6, 6.07) is 14.9. The largest absolute Gasteiger partial charge is 0.326 e. The van der Waals surface area contributed by atoms with Crippen molar-refractivity contribution in [2.24, 2.45) is 0 Å². The molecule has 0 bridgehead atoms. The molecule has 0 radical (unpaired) electrons. The minimum Gasteiger partial charge on any atom is -0.326 e.